The van der Waals surface area contributed by atoms with Gasteiger partial charge in [-0.25, -0.2) is 4.39 Å². The predicted octanol–water partition coefficient (Wildman–Crippen LogP) is 3.00. The van der Waals surface area contributed by atoms with Crippen LogP contribution in [0, 0.1) is 5.82 Å². The molecule has 0 aliphatic rings. The molecule has 1 aromatic rings. The minimum absolute atomic E-state index is 0.201. The van der Waals surface area contributed by atoms with E-state index in [0.717, 1.165) is 24.2 Å². The van der Waals surface area contributed by atoms with Gasteiger partial charge in [-0.05, 0) is 24.6 Å². The summed E-state index contributed by atoms with van der Waals surface area (Å²) in [6.45, 7) is 7.40. The van der Waals surface area contributed by atoms with Crippen molar-refractivity contribution in [3.63, 3.8) is 0 Å². The Morgan fingerprint density at radius 1 is 1.40 bits per heavy atom. The predicted molar refractivity (Wildman–Crippen MR) is 63.1 cm³/mol. The molecule has 0 aliphatic heterocycles. The number of hydrogen-bond acceptors (Lipinski definition) is 1. The van der Waals surface area contributed by atoms with Gasteiger partial charge in [0.1, 0.15) is 5.82 Å². The summed E-state index contributed by atoms with van der Waals surface area (Å²) in [5, 5.41) is 3.21. The number of rotatable bonds is 5. The van der Waals surface area contributed by atoms with E-state index in [4.69, 9.17) is 0 Å². The van der Waals surface area contributed by atoms with E-state index >= 15 is 0 Å². The monoisotopic (exact) mass is 205 g/mol. The van der Waals surface area contributed by atoms with E-state index in [2.05, 4.69) is 11.9 Å². The summed E-state index contributed by atoms with van der Waals surface area (Å²) in [5.74, 6) is -0.201. The molecule has 0 unspecified atom stereocenters. The minimum Gasteiger partial charge on any atom is -0.310 e. The minimum atomic E-state index is -0.201. The van der Waals surface area contributed by atoms with Gasteiger partial charge in [0.05, 0.1) is 0 Å². The van der Waals surface area contributed by atoms with Crippen LogP contribution in [0.2, 0.25) is 0 Å². The largest absolute Gasteiger partial charge is 0.310 e. The van der Waals surface area contributed by atoms with Gasteiger partial charge in [-0.2, -0.15) is 0 Å². The molecule has 1 nitrogen and oxygen atoms in total. The van der Waals surface area contributed by atoms with Gasteiger partial charge < -0.3 is 5.32 Å². The van der Waals surface area contributed by atoms with Crippen LogP contribution in [0.1, 0.15) is 12.5 Å². The highest BCUT2D eigenvalue weighted by molar-refractivity contribution is 5.48. The van der Waals surface area contributed by atoms with Crippen molar-refractivity contribution in [3.05, 3.63) is 53.9 Å². The van der Waals surface area contributed by atoms with E-state index in [1.807, 2.05) is 19.1 Å². The van der Waals surface area contributed by atoms with Crippen LogP contribution < -0.4 is 5.32 Å². The molecule has 1 aromatic carbocycles. The van der Waals surface area contributed by atoms with E-state index in [9.17, 15) is 4.39 Å². The van der Waals surface area contributed by atoms with Gasteiger partial charge in [-0.15, -0.1) is 0 Å². The van der Waals surface area contributed by atoms with E-state index in [-0.39, 0.29) is 5.82 Å². The zero-order valence-electron chi connectivity index (χ0n) is 8.96. The molecular formula is C13H16FN. The number of nitrogens with one attached hydrogen (secondary N) is 1. The maximum atomic E-state index is 12.6. The first-order valence-electron chi connectivity index (χ1n) is 4.95. The van der Waals surface area contributed by atoms with Crippen LogP contribution in [0.15, 0.2) is 42.5 Å². The summed E-state index contributed by atoms with van der Waals surface area (Å²) in [7, 11) is 0. The molecule has 1 rings (SSSR count). The SMILES string of the molecule is C=C(C)CNC/C=C/c1ccc(F)cc1. The lowest BCUT2D eigenvalue weighted by Gasteiger charge is -1.99. The highest BCUT2D eigenvalue weighted by atomic mass is 19.1. The highest BCUT2D eigenvalue weighted by Crippen LogP contribution is 2.03. The lowest BCUT2D eigenvalue weighted by atomic mass is 10.2. The van der Waals surface area contributed by atoms with E-state index < -0.39 is 0 Å². The van der Waals surface area contributed by atoms with Crippen LogP contribution in [0.5, 0.6) is 0 Å². The Balaban J connectivity index is 2.32. The quantitative estimate of drug-likeness (QED) is 0.575. The van der Waals surface area contributed by atoms with Gasteiger partial charge in [0.25, 0.3) is 0 Å². The lowest BCUT2D eigenvalue weighted by Crippen LogP contribution is -2.15. The lowest BCUT2D eigenvalue weighted by molar-refractivity contribution is 0.628. The third kappa shape index (κ3) is 5.13. The average molecular weight is 205 g/mol. The Morgan fingerprint density at radius 2 is 2.07 bits per heavy atom. The standard InChI is InChI=1S/C13H16FN/c1-11(2)10-15-9-3-4-12-5-7-13(14)8-6-12/h3-8,15H,1,9-10H2,2H3/b4-3+. The maximum Gasteiger partial charge on any atom is 0.123 e. The molecule has 0 amide bonds. The van der Waals surface area contributed by atoms with Crippen molar-refractivity contribution in [1.29, 1.82) is 0 Å². The van der Waals surface area contributed by atoms with Gasteiger partial charge in [-0.3, -0.25) is 0 Å². The average Bonchev–Trinajstić information content (AvgIpc) is 2.20. The first-order valence-corrected chi connectivity index (χ1v) is 4.95. The summed E-state index contributed by atoms with van der Waals surface area (Å²) in [6.07, 6.45) is 3.97. The molecule has 80 valence electrons. The molecule has 0 bridgehead atoms. The zero-order valence-corrected chi connectivity index (χ0v) is 8.96. The molecule has 0 radical (unpaired) electrons. The second-order valence-corrected chi connectivity index (χ2v) is 3.54. The molecule has 0 aromatic heterocycles. The van der Waals surface area contributed by atoms with Gasteiger partial charge in [0.2, 0.25) is 0 Å². The first kappa shape index (κ1) is 11.7. The third-order valence-electron chi connectivity index (χ3n) is 1.87. The van der Waals surface area contributed by atoms with Crippen molar-refractivity contribution in [3.8, 4) is 0 Å². The fourth-order valence-electron chi connectivity index (χ4n) is 1.14. The Bertz CT molecular complexity index is 338. The summed E-state index contributed by atoms with van der Waals surface area (Å²) >= 11 is 0. The summed E-state index contributed by atoms with van der Waals surface area (Å²) in [4.78, 5) is 0. The van der Waals surface area contributed by atoms with E-state index in [1.165, 1.54) is 12.1 Å². The van der Waals surface area contributed by atoms with Gasteiger partial charge in [-0.1, -0.05) is 36.4 Å². The fourth-order valence-corrected chi connectivity index (χ4v) is 1.14. The molecule has 15 heavy (non-hydrogen) atoms. The molecule has 0 heterocycles. The molecular weight excluding hydrogens is 189 g/mol. The van der Waals surface area contributed by atoms with Crippen LogP contribution in [0.4, 0.5) is 4.39 Å². The van der Waals surface area contributed by atoms with Crippen molar-refractivity contribution < 1.29 is 4.39 Å². The summed E-state index contributed by atoms with van der Waals surface area (Å²) < 4.78 is 12.6. The van der Waals surface area contributed by atoms with Crippen molar-refractivity contribution >= 4 is 6.08 Å². The number of benzene rings is 1. The molecule has 0 atom stereocenters. The Hall–Kier alpha value is -1.41. The zero-order chi connectivity index (χ0) is 11.1. The molecule has 0 saturated heterocycles. The molecule has 0 fully saturated rings. The van der Waals surface area contributed by atoms with E-state index in [1.54, 1.807) is 12.1 Å². The van der Waals surface area contributed by atoms with Crippen LogP contribution in [-0.2, 0) is 0 Å². The third-order valence-corrected chi connectivity index (χ3v) is 1.87. The summed E-state index contributed by atoms with van der Waals surface area (Å²) in [6, 6.07) is 6.43. The highest BCUT2D eigenvalue weighted by Gasteiger charge is 1.88. The van der Waals surface area contributed by atoms with Gasteiger partial charge >= 0.3 is 0 Å². The smallest absolute Gasteiger partial charge is 0.123 e. The van der Waals surface area contributed by atoms with Crippen molar-refractivity contribution in [2.75, 3.05) is 13.1 Å². The normalized spacial score (nSPS) is 10.8. The Labute approximate surface area is 90.3 Å². The van der Waals surface area contributed by atoms with Crippen LogP contribution in [0.25, 0.3) is 6.08 Å². The molecule has 0 aliphatic carbocycles. The van der Waals surface area contributed by atoms with E-state index in [0.29, 0.717) is 0 Å². The number of hydrogen-bond donors (Lipinski definition) is 1. The van der Waals surface area contributed by atoms with Crippen LogP contribution in [-0.4, -0.2) is 13.1 Å². The molecule has 0 spiro atoms. The van der Waals surface area contributed by atoms with Crippen molar-refractivity contribution in [2.24, 2.45) is 0 Å². The van der Waals surface area contributed by atoms with Crippen LogP contribution >= 0.6 is 0 Å². The Kier molecular flexibility index (Phi) is 4.78. The second kappa shape index (κ2) is 6.14. The first-order chi connectivity index (χ1) is 7.18. The van der Waals surface area contributed by atoms with Crippen LogP contribution in [0.3, 0.4) is 0 Å². The maximum absolute atomic E-state index is 12.6. The topological polar surface area (TPSA) is 12.0 Å². The fraction of sp³-hybridized carbons (Fsp3) is 0.231. The second-order valence-electron chi connectivity index (χ2n) is 3.54. The van der Waals surface area contributed by atoms with Crippen molar-refractivity contribution in [2.45, 2.75) is 6.92 Å². The molecule has 1 N–H and O–H groups in total. The van der Waals surface area contributed by atoms with Crippen molar-refractivity contribution in [1.82, 2.24) is 5.32 Å². The summed E-state index contributed by atoms with van der Waals surface area (Å²) in [5.41, 5.74) is 2.12. The number of halogens is 1. The van der Waals surface area contributed by atoms with Gasteiger partial charge in [0, 0.05) is 13.1 Å². The molecule has 2 heteroatoms. The van der Waals surface area contributed by atoms with Gasteiger partial charge in [0.15, 0.2) is 0 Å². The Morgan fingerprint density at radius 3 is 2.67 bits per heavy atom. The molecule has 0 saturated carbocycles.